The molecule has 0 aliphatic carbocycles. The molecule has 0 saturated carbocycles. The molecule has 0 unspecified atom stereocenters. The van der Waals surface area contributed by atoms with Crippen molar-refractivity contribution in [2.75, 3.05) is 13.1 Å². The van der Waals surface area contributed by atoms with Gasteiger partial charge in [-0.25, -0.2) is 4.98 Å². The van der Waals surface area contributed by atoms with Crippen LogP contribution in [0.1, 0.15) is 29.9 Å². The summed E-state index contributed by atoms with van der Waals surface area (Å²) in [5.74, 6) is 1.10. The summed E-state index contributed by atoms with van der Waals surface area (Å²) in [6, 6.07) is 12.2. The number of hydrogen-bond acceptors (Lipinski definition) is 5. The summed E-state index contributed by atoms with van der Waals surface area (Å²) < 4.78 is 5.43. The third kappa shape index (κ3) is 4.69. The quantitative estimate of drug-likeness (QED) is 0.678. The van der Waals surface area contributed by atoms with Crippen molar-refractivity contribution in [1.29, 1.82) is 0 Å². The highest BCUT2D eigenvalue weighted by Crippen LogP contribution is 2.24. The number of aromatic nitrogens is 1. The Hall–Kier alpha value is -2.44. The summed E-state index contributed by atoms with van der Waals surface area (Å²) in [6.45, 7) is 5.12. The molecule has 1 N–H and O–H groups in total. The number of piperidine rings is 1. The van der Waals surface area contributed by atoms with E-state index in [1.807, 2.05) is 23.6 Å². The molecule has 5 nitrogen and oxygen atoms in total. The zero-order chi connectivity index (χ0) is 19.3. The number of nitrogens with one attached hydrogen (secondary N) is 1. The number of benzene rings is 1. The Morgan fingerprint density at radius 1 is 1.36 bits per heavy atom. The Balaban J connectivity index is 1.30. The first-order chi connectivity index (χ1) is 13.7. The first-order valence-corrected chi connectivity index (χ1v) is 10.6. The molecule has 1 aliphatic rings. The second-order valence-electron chi connectivity index (χ2n) is 7.38. The van der Waals surface area contributed by atoms with Crippen molar-refractivity contribution in [3.8, 4) is 10.6 Å². The van der Waals surface area contributed by atoms with E-state index in [0.29, 0.717) is 6.54 Å². The fourth-order valence-corrected chi connectivity index (χ4v) is 4.47. The molecule has 1 amide bonds. The highest BCUT2D eigenvalue weighted by molar-refractivity contribution is 7.13. The number of likely N-dealkylation sites (tertiary alicyclic amines) is 1. The normalized spacial score (nSPS) is 17.5. The maximum atomic E-state index is 12.7. The van der Waals surface area contributed by atoms with Gasteiger partial charge in [-0.1, -0.05) is 23.8 Å². The average molecular weight is 396 g/mol. The minimum absolute atomic E-state index is 0.0265. The number of hydrogen-bond donors (Lipinski definition) is 1. The van der Waals surface area contributed by atoms with Crippen LogP contribution in [0.15, 0.2) is 52.5 Å². The lowest BCUT2D eigenvalue weighted by Gasteiger charge is -2.31. The van der Waals surface area contributed by atoms with E-state index in [0.717, 1.165) is 54.5 Å². The van der Waals surface area contributed by atoms with Gasteiger partial charge in [-0.05, 0) is 44.5 Å². The van der Waals surface area contributed by atoms with Gasteiger partial charge in [0.1, 0.15) is 10.8 Å². The third-order valence-corrected chi connectivity index (χ3v) is 6.04. The van der Waals surface area contributed by atoms with Crippen molar-refractivity contribution in [1.82, 2.24) is 15.2 Å². The fourth-order valence-electron chi connectivity index (χ4n) is 3.66. The molecule has 0 radical (unpaired) electrons. The van der Waals surface area contributed by atoms with E-state index < -0.39 is 0 Å². The molecule has 6 heteroatoms. The molecule has 1 atom stereocenters. The van der Waals surface area contributed by atoms with Crippen molar-refractivity contribution in [3.63, 3.8) is 0 Å². The summed E-state index contributed by atoms with van der Waals surface area (Å²) in [6.07, 6.45) is 3.67. The lowest BCUT2D eigenvalue weighted by atomic mass is 9.97. The van der Waals surface area contributed by atoms with Crippen LogP contribution >= 0.6 is 11.3 Å². The molecule has 3 aromatic rings. The van der Waals surface area contributed by atoms with Crippen LogP contribution in [0, 0.1) is 12.8 Å². The van der Waals surface area contributed by atoms with E-state index in [-0.39, 0.29) is 11.8 Å². The number of aryl methyl sites for hydroxylation is 1. The molecule has 146 valence electrons. The van der Waals surface area contributed by atoms with Crippen LogP contribution in [0.5, 0.6) is 0 Å². The Morgan fingerprint density at radius 2 is 2.29 bits per heavy atom. The van der Waals surface area contributed by atoms with Gasteiger partial charge in [0.05, 0.1) is 31.0 Å². The van der Waals surface area contributed by atoms with E-state index in [4.69, 9.17) is 4.42 Å². The molecule has 0 bridgehead atoms. The van der Waals surface area contributed by atoms with Crippen LogP contribution in [0.25, 0.3) is 10.6 Å². The number of amides is 1. The Kier molecular flexibility index (Phi) is 5.88. The second-order valence-corrected chi connectivity index (χ2v) is 8.24. The number of furan rings is 1. The third-order valence-electron chi connectivity index (χ3n) is 5.10. The number of nitrogens with zero attached hydrogens (tertiary/aromatic N) is 2. The second kappa shape index (κ2) is 8.71. The van der Waals surface area contributed by atoms with Gasteiger partial charge < -0.3 is 9.73 Å². The largest absolute Gasteiger partial charge is 0.468 e. The van der Waals surface area contributed by atoms with Gasteiger partial charge in [-0.3, -0.25) is 9.69 Å². The molecule has 28 heavy (non-hydrogen) atoms. The summed E-state index contributed by atoms with van der Waals surface area (Å²) in [4.78, 5) is 19.6. The van der Waals surface area contributed by atoms with Crippen LogP contribution in [-0.4, -0.2) is 28.9 Å². The minimum Gasteiger partial charge on any atom is -0.468 e. The van der Waals surface area contributed by atoms with Crippen LogP contribution < -0.4 is 5.32 Å². The van der Waals surface area contributed by atoms with Gasteiger partial charge in [0.15, 0.2) is 0 Å². The van der Waals surface area contributed by atoms with Gasteiger partial charge in [0.2, 0.25) is 5.91 Å². The molecule has 1 fully saturated rings. The van der Waals surface area contributed by atoms with E-state index >= 15 is 0 Å². The smallest absolute Gasteiger partial charge is 0.224 e. The SMILES string of the molecule is Cc1cccc(-c2nc(CNC(=O)[C@@H]3CCCN(Cc4ccco4)C3)cs2)c1. The first kappa shape index (κ1) is 18.9. The van der Waals surface area contributed by atoms with Gasteiger partial charge in [-0.2, -0.15) is 0 Å². The highest BCUT2D eigenvalue weighted by Gasteiger charge is 2.26. The van der Waals surface area contributed by atoms with Gasteiger partial charge in [-0.15, -0.1) is 11.3 Å². The number of carbonyl (C=O) groups is 1. The predicted molar refractivity (Wildman–Crippen MR) is 111 cm³/mol. The fraction of sp³-hybridized carbons (Fsp3) is 0.364. The lowest BCUT2D eigenvalue weighted by molar-refractivity contribution is -0.127. The summed E-state index contributed by atoms with van der Waals surface area (Å²) in [5.41, 5.74) is 3.26. The number of rotatable bonds is 6. The number of carbonyl (C=O) groups excluding carboxylic acids is 1. The van der Waals surface area contributed by atoms with Gasteiger partial charge >= 0.3 is 0 Å². The lowest BCUT2D eigenvalue weighted by Crippen LogP contribution is -2.42. The molecule has 0 spiro atoms. The molecular formula is C22H25N3O2S. The van der Waals surface area contributed by atoms with Crippen molar-refractivity contribution in [2.45, 2.75) is 32.9 Å². The highest BCUT2D eigenvalue weighted by atomic mass is 32.1. The van der Waals surface area contributed by atoms with Crippen molar-refractivity contribution in [3.05, 3.63) is 65.1 Å². The first-order valence-electron chi connectivity index (χ1n) is 9.71. The summed E-state index contributed by atoms with van der Waals surface area (Å²) >= 11 is 1.62. The van der Waals surface area contributed by atoms with Crippen molar-refractivity contribution < 1.29 is 9.21 Å². The molecule has 3 heterocycles. The van der Waals surface area contributed by atoms with E-state index in [1.54, 1.807) is 17.6 Å². The average Bonchev–Trinajstić information content (AvgIpc) is 3.38. The van der Waals surface area contributed by atoms with Gasteiger partial charge in [0, 0.05) is 17.5 Å². The molecule has 1 saturated heterocycles. The van der Waals surface area contributed by atoms with Crippen LogP contribution in [0.2, 0.25) is 0 Å². The Morgan fingerprint density at radius 3 is 3.11 bits per heavy atom. The predicted octanol–water partition coefficient (Wildman–Crippen LogP) is 4.24. The molecular weight excluding hydrogens is 370 g/mol. The molecule has 4 rings (SSSR count). The zero-order valence-corrected chi connectivity index (χ0v) is 16.9. The van der Waals surface area contributed by atoms with E-state index in [9.17, 15) is 4.79 Å². The molecule has 1 aliphatic heterocycles. The van der Waals surface area contributed by atoms with Crippen molar-refractivity contribution in [2.24, 2.45) is 5.92 Å². The summed E-state index contributed by atoms with van der Waals surface area (Å²) in [7, 11) is 0. The van der Waals surface area contributed by atoms with Crippen LogP contribution in [-0.2, 0) is 17.9 Å². The monoisotopic (exact) mass is 395 g/mol. The van der Waals surface area contributed by atoms with Crippen molar-refractivity contribution >= 4 is 17.2 Å². The standard InChI is InChI=1S/C22H25N3O2S/c1-16-5-2-6-17(11-16)22-24-19(15-28-22)12-23-21(26)18-7-3-9-25(13-18)14-20-8-4-10-27-20/h2,4-6,8,10-11,15,18H,3,7,9,12-14H2,1H3,(H,23,26)/t18-/m1/s1. The Bertz CT molecular complexity index is 920. The zero-order valence-electron chi connectivity index (χ0n) is 16.1. The van der Waals surface area contributed by atoms with Crippen LogP contribution in [0.4, 0.5) is 0 Å². The van der Waals surface area contributed by atoms with E-state index in [2.05, 4.69) is 40.3 Å². The minimum atomic E-state index is 0.0265. The molecule has 1 aromatic carbocycles. The number of thiazole rings is 1. The van der Waals surface area contributed by atoms with Gasteiger partial charge in [0.25, 0.3) is 0 Å². The Labute approximate surface area is 169 Å². The maximum Gasteiger partial charge on any atom is 0.224 e. The van der Waals surface area contributed by atoms with Crippen LogP contribution in [0.3, 0.4) is 0 Å². The van der Waals surface area contributed by atoms with E-state index in [1.165, 1.54) is 5.56 Å². The molecule has 2 aromatic heterocycles. The maximum absolute atomic E-state index is 12.7. The topological polar surface area (TPSA) is 58.4 Å². The summed E-state index contributed by atoms with van der Waals surface area (Å²) in [5, 5.41) is 6.10.